The number of nitrogens with zero attached hydrogens (tertiary/aromatic N) is 2. The van der Waals surface area contributed by atoms with Crippen molar-refractivity contribution in [1.82, 2.24) is 10.2 Å². The number of sulfonamides is 1. The van der Waals surface area contributed by atoms with Crippen molar-refractivity contribution in [2.75, 3.05) is 17.1 Å². The number of ether oxygens (including phenoxy) is 1. The van der Waals surface area contributed by atoms with Crippen molar-refractivity contribution in [3.05, 3.63) is 95.8 Å². The zero-order valence-electron chi connectivity index (χ0n) is 22.5. The summed E-state index contributed by atoms with van der Waals surface area (Å²) in [4.78, 5) is 27.5. The molecule has 10 heteroatoms. The Morgan fingerprint density at radius 1 is 0.923 bits per heavy atom. The molecule has 0 unspecified atom stereocenters. The number of hydrogen-bond donors (Lipinski definition) is 1. The molecule has 0 saturated heterocycles. The molecule has 39 heavy (non-hydrogen) atoms. The normalized spacial score (nSPS) is 12.1. The number of halogens is 1. The highest BCUT2D eigenvalue weighted by molar-refractivity contribution is 7.92. The number of carbonyl (C=O) groups excluding carboxylic acids is 2. The van der Waals surface area contributed by atoms with Crippen LogP contribution in [0.25, 0.3) is 0 Å². The summed E-state index contributed by atoms with van der Waals surface area (Å²) in [5.74, 6) is -1.08. The molecule has 0 radical (unpaired) electrons. The van der Waals surface area contributed by atoms with E-state index >= 15 is 0 Å². The van der Waals surface area contributed by atoms with Crippen molar-refractivity contribution in [2.45, 2.75) is 46.0 Å². The summed E-state index contributed by atoms with van der Waals surface area (Å²) in [6.07, 6.45) is 0.996. The maximum atomic E-state index is 14.5. The molecule has 0 heterocycles. The molecule has 0 aliphatic heterocycles. The highest BCUT2D eigenvalue weighted by atomic mass is 32.2. The van der Waals surface area contributed by atoms with E-state index in [1.807, 2.05) is 30.3 Å². The highest BCUT2D eigenvalue weighted by Crippen LogP contribution is 2.23. The molecular formula is C29H34FN3O5S. The first-order valence-electron chi connectivity index (χ1n) is 12.5. The first kappa shape index (κ1) is 29.6. The van der Waals surface area contributed by atoms with Crippen molar-refractivity contribution in [2.24, 2.45) is 0 Å². The van der Waals surface area contributed by atoms with Crippen molar-refractivity contribution >= 4 is 27.5 Å². The van der Waals surface area contributed by atoms with Crippen LogP contribution in [0, 0.1) is 5.82 Å². The maximum Gasteiger partial charge on any atom is 0.244 e. The lowest BCUT2D eigenvalue weighted by Gasteiger charge is -2.32. The molecule has 0 aliphatic carbocycles. The molecule has 3 rings (SSSR count). The third-order valence-corrected chi connectivity index (χ3v) is 7.09. The number of rotatable bonds is 12. The minimum atomic E-state index is -3.89. The Morgan fingerprint density at radius 2 is 1.54 bits per heavy atom. The second-order valence-corrected chi connectivity index (χ2v) is 11.4. The van der Waals surface area contributed by atoms with Gasteiger partial charge >= 0.3 is 0 Å². The standard InChI is InChI=1S/C29H34FN3O5S/c1-21(2)31-29(35)22(3)32(18-24-12-8-9-13-27(24)30)28(34)19-33(39(4,36)37)25-14-16-26(17-15-25)38-20-23-10-6-5-7-11-23/h5-17,21-22H,18-20H2,1-4H3,(H,31,35)/t22-/m1/s1. The average Bonchev–Trinajstić information content (AvgIpc) is 2.89. The summed E-state index contributed by atoms with van der Waals surface area (Å²) in [7, 11) is -3.89. The molecule has 2 amide bonds. The molecule has 0 aliphatic rings. The Kier molecular flexibility index (Phi) is 10.1. The number of nitrogens with one attached hydrogen (secondary N) is 1. The molecule has 0 spiro atoms. The van der Waals surface area contributed by atoms with E-state index in [4.69, 9.17) is 4.74 Å². The van der Waals surface area contributed by atoms with Crippen LogP contribution < -0.4 is 14.4 Å². The predicted molar refractivity (Wildman–Crippen MR) is 149 cm³/mol. The fraction of sp³-hybridized carbons (Fsp3) is 0.310. The fourth-order valence-corrected chi connectivity index (χ4v) is 4.71. The Hall–Kier alpha value is -3.92. The summed E-state index contributed by atoms with van der Waals surface area (Å²) in [6.45, 7) is 4.66. The maximum absolute atomic E-state index is 14.5. The molecule has 1 N–H and O–H groups in total. The molecular weight excluding hydrogens is 521 g/mol. The van der Waals surface area contributed by atoms with Gasteiger partial charge in [0, 0.05) is 18.2 Å². The molecule has 8 nitrogen and oxygen atoms in total. The van der Waals surface area contributed by atoms with Gasteiger partial charge < -0.3 is 15.0 Å². The Labute approximate surface area is 229 Å². The van der Waals surface area contributed by atoms with Gasteiger partial charge in [-0.15, -0.1) is 0 Å². The number of anilines is 1. The summed E-state index contributed by atoms with van der Waals surface area (Å²) < 4.78 is 46.7. The van der Waals surface area contributed by atoms with Crippen LogP contribution in [0.15, 0.2) is 78.9 Å². The van der Waals surface area contributed by atoms with Gasteiger partial charge in [0.2, 0.25) is 21.8 Å². The van der Waals surface area contributed by atoms with E-state index in [0.717, 1.165) is 16.1 Å². The lowest BCUT2D eigenvalue weighted by atomic mass is 10.1. The SMILES string of the molecule is CC(C)NC(=O)[C@@H](C)N(Cc1ccccc1F)C(=O)CN(c1ccc(OCc2ccccc2)cc1)S(C)(=O)=O. The summed E-state index contributed by atoms with van der Waals surface area (Å²) in [5, 5.41) is 2.75. The summed E-state index contributed by atoms with van der Waals surface area (Å²) in [5.41, 5.74) is 1.44. The Balaban J connectivity index is 1.83. The predicted octanol–water partition coefficient (Wildman–Crippen LogP) is 4.11. The van der Waals surface area contributed by atoms with E-state index in [9.17, 15) is 22.4 Å². The number of carbonyl (C=O) groups is 2. The fourth-order valence-electron chi connectivity index (χ4n) is 3.86. The topological polar surface area (TPSA) is 96.0 Å². The quantitative estimate of drug-likeness (QED) is 0.363. The molecule has 0 fully saturated rings. The van der Waals surface area contributed by atoms with Gasteiger partial charge in [0.05, 0.1) is 11.9 Å². The zero-order valence-corrected chi connectivity index (χ0v) is 23.3. The molecule has 208 valence electrons. The van der Waals surface area contributed by atoms with Gasteiger partial charge in [-0.2, -0.15) is 0 Å². The minimum Gasteiger partial charge on any atom is -0.489 e. The van der Waals surface area contributed by atoms with Crippen molar-refractivity contribution in [3.63, 3.8) is 0 Å². The third-order valence-electron chi connectivity index (χ3n) is 5.95. The second kappa shape index (κ2) is 13.2. The van der Waals surface area contributed by atoms with Crippen LogP contribution in [0.1, 0.15) is 31.9 Å². The van der Waals surface area contributed by atoms with Crippen LogP contribution in [0.2, 0.25) is 0 Å². The van der Waals surface area contributed by atoms with Crippen LogP contribution in [-0.4, -0.2) is 50.0 Å². The van der Waals surface area contributed by atoms with Gasteiger partial charge in [-0.3, -0.25) is 13.9 Å². The van der Waals surface area contributed by atoms with Gasteiger partial charge in [-0.1, -0.05) is 48.5 Å². The number of hydrogen-bond acceptors (Lipinski definition) is 5. The molecule has 0 saturated carbocycles. The molecule has 1 atom stereocenters. The van der Waals surface area contributed by atoms with E-state index in [2.05, 4.69) is 5.32 Å². The van der Waals surface area contributed by atoms with Crippen molar-refractivity contribution in [1.29, 1.82) is 0 Å². The van der Waals surface area contributed by atoms with Crippen LogP contribution in [0.3, 0.4) is 0 Å². The highest BCUT2D eigenvalue weighted by Gasteiger charge is 2.30. The largest absolute Gasteiger partial charge is 0.489 e. The van der Waals surface area contributed by atoms with Crippen LogP contribution >= 0.6 is 0 Å². The van der Waals surface area contributed by atoms with Crippen LogP contribution in [-0.2, 0) is 32.8 Å². The van der Waals surface area contributed by atoms with Gasteiger partial charge in [0.25, 0.3) is 0 Å². The summed E-state index contributed by atoms with van der Waals surface area (Å²) >= 11 is 0. The van der Waals surface area contributed by atoms with E-state index < -0.39 is 40.2 Å². The van der Waals surface area contributed by atoms with E-state index in [1.165, 1.54) is 30.0 Å². The molecule has 3 aromatic carbocycles. The van der Waals surface area contributed by atoms with Crippen molar-refractivity contribution in [3.8, 4) is 5.75 Å². The molecule has 3 aromatic rings. The van der Waals surface area contributed by atoms with Gasteiger partial charge in [0.1, 0.15) is 30.8 Å². The lowest BCUT2D eigenvalue weighted by molar-refractivity contribution is -0.139. The second-order valence-electron chi connectivity index (χ2n) is 9.49. The minimum absolute atomic E-state index is 0.180. The molecule has 0 bridgehead atoms. The smallest absolute Gasteiger partial charge is 0.244 e. The van der Waals surface area contributed by atoms with Gasteiger partial charge in [-0.05, 0) is 56.7 Å². The average molecular weight is 556 g/mol. The third kappa shape index (κ3) is 8.54. The first-order chi connectivity index (χ1) is 18.5. The van der Waals surface area contributed by atoms with Crippen LogP contribution in [0.5, 0.6) is 5.75 Å². The van der Waals surface area contributed by atoms with E-state index in [-0.39, 0.29) is 23.8 Å². The monoisotopic (exact) mass is 555 g/mol. The Morgan fingerprint density at radius 3 is 2.13 bits per heavy atom. The zero-order chi connectivity index (χ0) is 28.6. The van der Waals surface area contributed by atoms with Crippen molar-refractivity contribution < 1.29 is 27.1 Å². The van der Waals surface area contributed by atoms with E-state index in [1.54, 1.807) is 44.2 Å². The Bertz CT molecular complexity index is 1370. The van der Waals surface area contributed by atoms with E-state index in [0.29, 0.717) is 12.4 Å². The molecule has 0 aromatic heterocycles. The van der Waals surface area contributed by atoms with Crippen LogP contribution in [0.4, 0.5) is 10.1 Å². The number of benzene rings is 3. The number of amides is 2. The van der Waals surface area contributed by atoms with Gasteiger partial charge in [-0.25, -0.2) is 12.8 Å². The lowest BCUT2D eigenvalue weighted by Crippen LogP contribution is -2.52. The first-order valence-corrected chi connectivity index (χ1v) is 14.4. The van der Waals surface area contributed by atoms with Gasteiger partial charge in [0.15, 0.2) is 0 Å². The summed E-state index contributed by atoms with van der Waals surface area (Å²) in [6, 6.07) is 20.7.